The lowest BCUT2D eigenvalue weighted by molar-refractivity contribution is 0.101. The van der Waals surface area contributed by atoms with Crippen LogP contribution < -0.4 is 0 Å². The van der Waals surface area contributed by atoms with Gasteiger partial charge in [0.25, 0.3) is 0 Å². The Balaban J connectivity index is 2.91. The predicted molar refractivity (Wildman–Crippen MR) is 58.1 cm³/mol. The van der Waals surface area contributed by atoms with E-state index in [1.165, 1.54) is 0 Å². The second kappa shape index (κ2) is 4.43. The van der Waals surface area contributed by atoms with Gasteiger partial charge in [-0.05, 0) is 31.6 Å². The van der Waals surface area contributed by atoms with Crippen molar-refractivity contribution in [1.29, 1.82) is 0 Å². The first-order valence-electron chi connectivity index (χ1n) is 4.38. The first-order valence-corrected chi connectivity index (χ1v) is 4.38. The van der Waals surface area contributed by atoms with Gasteiger partial charge in [0.1, 0.15) is 0 Å². The van der Waals surface area contributed by atoms with Crippen molar-refractivity contribution in [2.24, 2.45) is 0 Å². The SMILES string of the molecule is C=C(C)C#Cc1ccc(C(C)=O)cc1. The lowest BCUT2D eigenvalue weighted by atomic mass is 10.1. The molecule has 1 nitrogen and oxygen atoms in total. The Kier molecular flexibility index (Phi) is 3.25. The van der Waals surface area contributed by atoms with Crippen molar-refractivity contribution in [2.45, 2.75) is 13.8 Å². The van der Waals surface area contributed by atoms with E-state index in [1.807, 2.05) is 19.1 Å². The summed E-state index contributed by atoms with van der Waals surface area (Å²) in [4.78, 5) is 11.0. The zero-order valence-corrected chi connectivity index (χ0v) is 8.42. The van der Waals surface area contributed by atoms with E-state index in [0.29, 0.717) is 5.56 Å². The average Bonchev–Trinajstić information content (AvgIpc) is 2.15. The van der Waals surface area contributed by atoms with Crippen LogP contribution in [0.25, 0.3) is 0 Å². The van der Waals surface area contributed by atoms with Crippen LogP contribution in [0.2, 0.25) is 0 Å². The summed E-state index contributed by atoms with van der Waals surface area (Å²) >= 11 is 0. The van der Waals surface area contributed by atoms with Gasteiger partial charge in [-0.15, -0.1) is 0 Å². The summed E-state index contributed by atoms with van der Waals surface area (Å²) in [6.45, 7) is 7.10. The van der Waals surface area contributed by atoms with Crippen molar-refractivity contribution in [2.75, 3.05) is 0 Å². The van der Waals surface area contributed by atoms with E-state index in [2.05, 4.69) is 18.4 Å². The smallest absolute Gasteiger partial charge is 0.159 e. The molecular formula is C13H12O. The lowest BCUT2D eigenvalue weighted by Crippen LogP contribution is -1.90. The molecule has 1 heteroatoms. The third kappa shape index (κ3) is 2.91. The molecule has 0 aromatic heterocycles. The van der Waals surface area contributed by atoms with Crippen LogP contribution in [0.3, 0.4) is 0 Å². The maximum Gasteiger partial charge on any atom is 0.159 e. The highest BCUT2D eigenvalue weighted by Gasteiger charge is 1.96. The minimum Gasteiger partial charge on any atom is -0.295 e. The number of ketones is 1. The van der Waals surface area contributed by atoms with Crippen molar-refractivity contribution in [1.82, 2.24) is 0 Å². The summed E-state index contributed by atoms with van der Waals surface area (Å²) < 4.78 is 0. The highest BCUT2D eigenvalue weighted by atomic mass is 16.1. The molecular weight excluding hydrogens is 172 g/mol. The summed E-state index contributed by atoms with van der Waals surface area (Å²) in [5, 5.41) is 0. The molecule has 1 aromatic carbocycles. The van der Waals surface area contributed by atoms with E-state index in [0.717, 1.165) is 11.1 Å². The van der Waals surface area contributed by atoms with Crippen molar-refractivity contribution >= 4 is 5.78 Å². The molecule has 70 valence electrons. The maximum absolute atomic E-state index is 11.0. The number of carbonyl (C=O) groups excluding carboxylic acids is 1. The fourth-order valence-electron chi connectivity index (χ4n) is 0.967. The largest absolute Gasteiger partial charge is 0.295 e. The molecule has 1 aromatic rings. The van der Waals surface area contributed by atoms with E-state index in [-0.39, 0.29) is 5.78 Å². The van der Waals surface area contributed by atoms with Gasteiger partial charge in [-0.1, -0.05) is 30.6 Å². The third-order valence-corrected chi connectivity index (χ3v) is 1.71. The molecule has 0 saturated carbocycles. The Morgan fingerprint density at radius 2 is 1.79 bits per heavy atom. The number of carbonyl (C=O) groups is 1. The van der Waals surface area contributed by atoms with E-state index in [1.54, 1.807) is 19.1 Å². The molecule has 0 atom stereocenters. The van der Waals surface area contributed by atoms with Gasteiger partial charge in [0.2, 0.25) is 0 Å². The topological polar surface area (TPSA) is 17.1 Å². The predicted octanol–water partition coefficient (Wildman–Crippen LogP) is 2.82. The first kappa shape index (κ1) is 10.3. The van der Waals surface area contributed by atoms with E-state index < -0.39 is 0 Å². The summed E-state index contributed by atoms with van der Waals surface area (Å²) in [6.07, 6.45) is 0. The van der Waals surface area contributed by atoms with Crippen LogP contribution in [0.15, 0.2) is 36.4 Å². The van der Waals surface area contributed by atoms with Crippen LogP contribution >= 0.6 is 0 Å². The van der Waals surface area contributed by atoms with Crippen LogP contribution in [-0.4, -0.2) is 5.78 Å². The summed E-state index contributed by atoms with van der Waals surface area (Å²) in [6, 6.07) is 7.24. The zero-order valence-electron chi connectivity index (χ0n) is 8.42. The van der Waals surface area contributed by atoms with Gasteiger partial charge in [-0.3, -0.25) is 4.79 Å². The van der Waals surface area contributed by atoms with Crippen molar-refractivity contribution < 1.29 is 4.79 Å². The summed E-state index contributed by atoms with van der Waals surface area (Å²) in [5.41, 5.74) is 2.45. The normalized spacial score (nSPS) is 8.71. The number of hydrogen-bond acceptors (Lipinski definition) is 1. The average molecular weight is 184 g/mol. The maximum atomic E-state index is 11.0. The highest BCUT2D eigenvalue weighted by molar-refractivity contribution is 5.94. The molecule has 0 unspecified atom stereocenters. The molecule has 0 aliphatic rings. The van der Waals surface area contributed by atoms with Gasteiger partial charge in [0.15, 0.2) is 5.78 Å². The van der Waals surface area contributed by atoms with Crippen molar-refractivity contribution in [3.05, 3.63) is 47.5 Å². The molecule has 0 aliphatic heterocycles. The van der Waals surface area contributed by atoms with Gasteiger partial charge >= 0.3 is 0 Å². The van der Waals surface area contributed by atoms with E-state index >= 15 is 0 Å². The molecule has 14 heavy (non-hydrogen) atoms. The molecule has 0 heterocycles. The molecule has 0 saturated heterocycles. The van der Waals surface area contributed by atoms with Crippen LogP contribution in [0.4, 0.5) is 0 Å². The highest BCUT2D eigenvalue weighted by Crippen LogP contribution is 2.03. The van der Waals surface area contributed by atoms with Crippen LogP contribution in [0.1, 0.15) is 29.8 Å². The van der Waals surface area contributed by atoms with Crippen molar-refractivity contribution in [3.8, 4) is 11.8 Å². The van der Waals surface area contributed by atoms with E-state index in [4.69, 9.17) is 0 Å². The fraction of sp³-hybridized carbons (Fsp3) is 0.154. The van der Waals surface area contributed by atoms with Gasteiger partial charge in [-0.25, -0.2) is 0 Å². The van der Waals surface area contributed by atoms with E-state index in [9.17, 15) is 4.79 Å². The Hall–Kier alpha value is -1.81. The summed E-state index contributed by atoms with van der Waals surface area (Å²) in [7, 11) is 0. The number of benzene rings is 1. The third-order valence-electron chi connectivity index (χ3n) is 1.71. The number of rotatable bonds is 1. The zero-order chi connectivity index (χ0) is 10.6. The summed E-state index contributed by atoms with van der Waals surface area (Å²) in [5.74, 6) is 5.90. The molecule has 0 amide bonds. The van der Waals surface area contributed by atoms with Crippen LogP contribution in [0, 0.1) is 11.8 Å². The van der Waals surface area contributed by atoms with Gasteiger partial charge in [0, 0.05) is 11.1 Å². The lowest BCUT2D eigenvalue weighted by Gasteiger charge is -1.94. The Morgan fingerprint density at radius 3 is 2.21 bits per heavy atom. The monoisotopic (exact) mass is 184 g/mol. The Bertz CT molecular complexity index is 413. The molecule has 0 radical (unpaired) electrons. The second-order valence-corrected chi connectivity index (χ2v) is 3.16. The molecule has 0 bridgehead atoms. The number of hydrogen-bond donors (Lipinski definition) is 0. The molecule has 0 aliphatic carbocycles. The second-order valence-electron chi connectivity index (χ2n) is 3.16. The quantitative estimate of drug-likeness (QED) is 0.484. The standard InChI is InChI=1S/C13H12O/c1-10(2)4-5-12-6-8-13(9-7-12)11(3)14/h6-9H,1H2,2-3H3. The molecule has 0 fully saturated rings. The number of allylic oxidation sites excluding steroid dienone is 1. The Morgan fingerprint density at radius 1 is 1.21 bits per heavy atom. The first-order chi connectivity index (χ1) is 6.59. The Labute approximate surface area is 84.5 Å². The molecule has 0 spiro atoms. The minimum atomic E-state index is 0.0735. The number of Topliss-reactive ketones (excluding diaryl/α,β-unsaturated/α-hetero) is 1. The fourth-order valence-corrected chi connectivity index (χ4v) is 0.967. The molecule has 0 N–H and O–H groups in total. The minimum absolute atomic E-state index is 0.0735. The van der Waals surface area contributed by atoms with Gasteiger partial charge < -0.3 is 0 Å². The van der Waals surface area contributed by atoms with Crippen LogP contribution in [-0.2, 0) is 0 Å². The van der Waals surface area contributed by atoms with Gasteiger partial charge in [0.05, 0.1) is 0 Å². The van der Waals surface area contributed by atoms with Crippen LogP contribution in [0.5, 0.6) is 0 Å². The van der Waals surface area contributed by atoms with Gasteiger partial charge in [-0.2, -0.15) is 0 Å². The molecule has 1 rings (SSSR count). The van der Waals surface area contributed by atoms with Crippen molar-refractivity contribution in [3.63, 3.8) is 0 Å².